The summed E-state index contributed by atoms with van der Waals surface area (Å²) in [5.41, 5.74) is 0.926. The van der Waals surface area contributed by atoms with E-state index >= 15 is 0 Å². The van der Waals surface area contributed by atoms with Crippen molar-refractivity contribution in [2.75, 3.05) is 13.1 Å². The molecule has 3 nitrogen and oxygen atoms in total. The Kier molecular flexibility index (Phi) is 4.25. The van der Waals surface area contributed by atoms with Crippen LogP contribution in [0.1, 0.15) is 32.8 Å². The summed E-state index contributed by atoms with van der Waals surface area (Å²) < 4.78 is 5.44. The van der Waals surface area contributed by atoms with Gasteiger partial charge in [-0.1, -0.05) is 30.3 Å². The van der Waals surface area contributed by atoms with Crippen LogP contribution in [0.2, 0.25) is 0 Å². The van der Waals surface area contributed by atoms with Gasteiger partial charge in [-0.2, -0.15) is 0 Å². The summed E-state index contributed by atoms with van der Waals surface area (Å²) in [4.78, 5) is 14.2. The van der Waals surface area contributed by atoms with Crippen molar-refractivity contribution >= 4 is 5.97 Å². The van der Waals surface area contributed by atoms with Gasteiger partial charge in [-0.3, -0.25) is 9.69 Å². The highest BCUT2D eigenvalue weighted by Gasteiger charge is 2.36. The molecule has 1 aromatic rings. The maximum atomic E-state index is 12.0. The molecular formula is C16H23NO2. The molecule has 1 heterocycles. The number of carbonyl (C=O) groups excluding carboxylic acids is 1. The molecule has 1 atom stereocenters. The van der Waals surface area contributed by atoms with Crippen LogP contribution in [-0.2, 0) is 16.0 Å². The molecule has 1 aliphatic rings. The van der Waals surface area contributed by atoms with Crippen molar-refractivity contribution in [1.29, 1.82) is 0 Å². The Hall–Kier alpha value is -1.35. The van der Waals surface area contributed by atoms with Crippen LogP contribution in [-0.4, -0.2) is 35.6 Å². The summed E-state index contributed by atoms with van der Waals surface area (Å²) in [5.74, 6) is -0.0770. The van der Waals surface area contributed by atoms with Crippen LogP contribution in [0.15, 0.2) is 30.3 Å². The van der Waals surface area contributed by atoms with E-state index in [1.807, 2.05) is 26.8 Å². The summed E-state index contributed by atoms with van der Waals surface area (Å²) in [6.45, 7) is 7.66. The molecule has 1 aromatic carbocycles. The van der Waals surface area contributed by atoms with Gasteiger partial charge in [0.15, 0.2) is 0 Å². The number of hydrogen-bond donors (Lipinski definition) is 0. The fourth-order valence-electron chi connectivity index (χ4n) is 2.26. The second kappa shape index (κ2) is 5.74. The summed E-state index contributed by atoms with van der Waals surface area (Å²) in [6, 6.07) is 10.3. The van der Waals surface area contributed by atoms with Gasteiger partial charge in [-0.05, 0) is 39.2 Å². The topological polar surface area (TPSA) is 29.5 Å². The molecule has 0 radical (unpaired) electrons. The number of carbonyl (C=O) groups is 1. The average Bonchev–Trinajstić information content (AvgIpc) is 2.26. The highest BCUT2D eigenvalue weighted by molar-refractivity contribution is 5.77. The molecule has 0 bridgehead atoms. The van der Waals surface area contributed by atoms with E-state index in [-0.39, 0.29) is 12.0 Å². The van der Waals surface area contributed by atoms with Gasteiger partial charge in [0.2, 0.25) is 0 Å². The molecule has 1 saturated heterocycles. The third kappa shape index (κ3) is 4.06. The first-order valence-corrected chi connectivity index (χ1v) is 6.96. The predicted molar refractivity (Wildman–Crippen MR) is 76.0 cm³/mol. The number of ether oxygens (including phenoxy) is 1. The number of hydrogen-bond acceptors (Lipinski definition) is 3. The molecule has 0 N–H and O–H groups in total. The zero-order valence-corrected chi connectivity index (χ0v) is 12.1. The molecule has 0 amide bonds. The fraction of sp³-hybridized carbons (Fsp3) is 0.562. The monoisotopic (exact) mass is 261 g/mol. The zero-order chi connectivity index (χ0) is 13.9. The van der Waals surface area contributed by atoms with Crippen LogP contribution in [0.5, 0.6) is 0 Å². The van der Waals surface area contributed by atoms with Crippen molar-refractivity contribution < 1.29 is 9.53 Å². The second-order valence-corrected chi connectivity index (χ2v) is 6.11. The minimum Gasteiger partial charge on any atom is -0.459 e. The van der Waals surface area contributed by atoms with Gasteiger partial charge in [-0.25, -0.2) is 0 Å². The number of rotatable bonds is 4. The fourth-order valence-corrected chi connectivity index (χ4v) is 2.26. The van der Waals surface area contributed by atoms with Gasteiger partial charge < -0.3 is 4.74 Å². The second-order valence-electron chi connectivity index (χ2n) is 6.11. The van der Waals surface area contributed by atoms with Crippen molar-refractivity contribution in [1.82, 2.24) is 4.90 Å². The van der Waals surface area contributed by atoms with Crippen LogP contribution >= 0.6 is 0 Å². The Bertz CT molecular complexity index is 422. The highest BCUT2D eigenvalue weighted by Crippen LogP contribution is 2.21. The summed E-state index contributed by atoms with van der Waals surface area (Å²) in [6.07, 6.45) is 1.91. The molecule has 3 heteroatoms. The van der Waals surface area contributed by atoms with E-state index in [1.165, 1.54) is 5.56 Å². The van der Waals surface area contributed by atoms with Crippen molar-refractivity contribution in [2.45, 2.75) is 45.3 Å². The summed E-state index contributed by atoms with van der Waals surface area (Å²) >= 11 is 0. The highest BCUT2D eigenvalue weighted by atomic mass is 16.6. The molecule has 0 spiro atoms. The zero-order valence-electron chi connectivity index (χ0n) is 12.1. The quantitative estimate of drug-likeness (QED) is 0.780. The van der Waals surface area contributed by atoms with E-state index in [1.54, 1.807) is 0 Å². The minimum absolute atomic E-state index is 0.0389. The largest absolute Gasteiger partial charge is 0.459 e. The molecule has 2 rings (SSSR count). The van der Waals surface area contributed by atoms with Crippen molar-refractivity contribution in [3.05, 3.63) is 35.9 Å². The van der Waals surface area contributed by atoms with Crippen molar-refractivity contribution in [3.63, 3.8) is 0 Å². The van der Waals surface area contributed by atoms with E-state index in [0.717, 1.165) is 25.9 Å². The number of esters is 1. The Morgan fingerprint density at radius 1 is 1.32 bits per heavy atom. The maximum absolute atomic E-state index is 12.0. The van der Waals surface area contributed by atoms with E-state index in [2.05, 4.69) is 29.2 Å². The van der Waals surface area contributed by atoms with Crippen LogP contribution in [0, 0.1) is 0 Å². The molecular weight excluding hydrogens is 238 g/mol. The van der Waals surface area contributed by atoms with Gasteiger partial charge >= 0.3 is 5.97 Å². The molecule has 104 valence electrons. The first-order valence-electron chi connectivity index (χ1n) is 6.96. The lowest BCUT2D eigenvalue weighted by molar-refractivity contribution is -0.166. The lowest BCUT2D eigenvalue weighted by atomic mass is 10.0. The smallest absolute Gasteiger partial charge is 0.323 e. The SMILES string of the molecule is CC(C)(C)OC(=O)[C@H]1CCN1CCc1ccccc1. The lowest BCUT2D eigenvalue weighted by Crippen LogP contribution is -2.54. The van der Waals surface area contributed by atoms with Gasteiger partial charge in [-0.15, -0.1) is 0 Å². The normalized spacial score (nSPS) is 19.8. The molecule has 0 aromatic heterocycles. The van der Waals surface area contributed by atoms with E-state index < -0.39 is 5.60 Å². The van der Waals surface area contributed by atoms with Crippen molar-refractivity contribution in [3.8, 4) is 0 Å². The molecule has 0 saturated carbocycles. The van der Waals surface area contributed by atoms with E-state index in [4.69, 9.17) is 4.74 Å². The van der Waals surface area contributed by atoms with E-state index in [0.29, 0.717) is 0 Å². The Balaban J connectivity index is 1.81. The third-order valence-electron chi connectivity index (χ3n) is 3.34. The summed E-state index contributed by atoms with van der Waals surface area (Å²) in [7, 11) is 0. The number of benzene rings is 1. The minimum atomic E-state index is -0.391. The Morgan fingerprint density at radius 2 is 2.00 bits per heavy atom. The predicted octanol–water partition coefficient (Wildman–Crippen LogP) is 2.65. The Morgan fingerprint density at radius 3 is 2.53 bits per heavy atom. The van der Waals surface area contributed by atoms with Gasteiger partial charge in [0.05, 0.1) is 0 Å². The number of nitrogens with zero attached hydrogens (tertiary/aromatic N) is 1. The molecule has 1 fully saturated rings. The maximum Gasteiger partial charge on any atom is 0.323 e. The standard InChI is InChI=1S/C16H23NO2/c1-16(2,3)19-15(18)14-10-12-17(14)11-9-13-7-5-4-6-8-13/h4-8,14H,9-12H2,1-3H3/t14-/m1/s1. The molecule has 0 unspecified atom stereocenters. The summed E-state index contributed by atoms with van der Waals surface area (Å²) in [5, 5.41) is 0. The first kappa shape index (κ1) is 14.1. The van der Waals surface area contributed by atoms with Crippen LogP contribution in [0.4, 0.5) is 0 Å². The van der Waals surface area contributed by atoms with Crippen LogP contribution in [0.3, 0.4) is 0 Å². The van der Waals surface area contributed by atoms with E-state index in [9.17, 15) is 4.79 Å². The van der Waals surface area contributed by atoms with Gasteiger partial charge in [0, 0.05) is 13.1 Å². The molecule has 1 aliphatic heterocycles. The van der Waals surface area contributed by atoms with Crippen LogP contribution in [0.25, 0.3) is 0 Å². The molecule has 0 aliphatic carbocycles. The Labute approximate surface area is 115 Å². The van der Waals surface area contributed by atoms with Gasteiger partial charge in [0.25, 0.3) is 0 Å². The van der Waals surface area contributed by atoms with Gasteiger partial charge in [0.1, 0.15) is 11.6 Å². The lowest BCUT2D eigenvalue weighted by Gasteiger charge is -2.40. The molecule has 19 heavy (non-hydrogen) atoms. The average molecular weight is 261 g/mol. The third-order valence-corrected chi connectivity index (χ3v) is 3.34. The number of likely N-dealkylation sites (tertiary alicyclic amines) is 1. The first-order chi connectivity index (χ1) is 8.96. The van der Waals surface area contributed by atoms with Crippen LogP contribution < -0.4 is 0 Å². The van der Waals surface area contributed by atoms with Crippen molar-refractivity contribution in [2.24, 2.45) is 0 Å².